The van der Waals surface area contributed by atoms with Crippen LogP contribution >= 0.6 is 0 Å². The normalized spacial score (nSPS) is 10.3. The third-order valence-corrected chi connectivity index (χ3v) is 4.09. The second-order valence-corrected chi connectivity index (χ2v) is 6.38. The minimum absolute atomic E-state index is 0.0991. The van der Waals surface area contributed by atoms with E-state index in [2.05, 4.69) is 22.8 Å². The Bertz CT molecular complexity index is 878. The van der Waals surface area contributed by atoms with Gasteiger partial charge in [0.05, 0.1) is 13.2 Å². The van der Waals surface area contributed by atoms with Crippen LogP contribution in [0, 0.1) is 6.92 Å². The fraction of sp³-hybridized carbons (Fsp3) is 0.174. The van der Waals surface area contributed by atoms with Crippen molar-refractivity contribution >= 4 is 17.3 Å². The highest BCUT2D eigenvalue weighted by molar-refractivity contribution is 5.93. The second kappa shape index (κ2) is 9.43. The summed E-state index contributed by atoms with van der Waals surface area (Å²) < 4.78 is 5.81. The predicted molar refractivity (Wildman–Crippen MR) is 110 cm³/mol. The van der Waals surface area contributed by atoms with Crippen LogP contribution in [0.4, 0.5) is 11.4 Å². The third-order valence-electron chi connectivity index (χ3n) is 4.09. The van der Waals surface area contributed by atoms with Crippen molar-refractivity contribution in [2.45, 2.75) is 13.3 Å². The SMILES string of the molecule is Cc1cccc(NCC(=O)Nc2cccc(OCCc3ccccc3)c2)c1. The van der Waals surface area contributed by atoms with Crippen LogP contribution in [0.5, 0.6) is 5.75 Å². The average Bonchev–Trinajstić information content (AvgIpc) is 2.68. The number of anilines is 2. The number of carbonyl (C=O) groups excluding carboxylic acids is 1. The first kappa shape index (κ1) is 18.5. The zero-order valence-electron chi connectivity index (χ0n) is 15.4. The highest BCUT2D eigenvalue weighted by Gasteiger charge is 2.04. The molecule has 0 saturated carbocycles. The summed E-state index contributed by atoms with van der Waals surface area (Å²) >= 11 is 0. The zero-order valence-corrected chi connectivity index (χ0v) is 15.4. The molecule has 0 radical (unpaired) electrons. The number of rotatable bonds is 8. The summed E-state index contributed by atoms with van der Waals surface area (Å²) in [6, 6.07) is 25.6. The highest BCUT2D eigenvalue weighted by Crippen LogP contribution is 2.18. The van der Waals surface area contributed by atoms with Crippen LogP contribution in [0.1, 0.15) is 11.1 Å². The standard InChI is InChI=1S/C23H24N2O2/c1-18-7-5-10-20(15-18)24-17-23(26)25-21-11-6-12-22(16-21)27-14-13-19-8-3-2-4-9-19/h2-12,15-16,24H,13-14,17H2,1H3,(H,25,26). The van der Waals surface area contributed by atoms with Crippen molar-refractivity contribution in [3.05, 3.63) is 90.0 Å². The molecule has 4 heteroatoms. The maximum absolute atomic E-state index is 12.2. The van der Waals surface area contributed by atoms with E-state index in [0.29, 0.717) is 6.61 Å². The molecule has 3 aromatic rings. The topological polar surface area (TPSA) is 50.4 Å². The Morgan fingerprint density at radius 2 is 1.67 bits per heavy atom. The Kier molecular flexibility index (Phi) is 6.47. The summed E-state index contributed by atoms with van der Waals surface area (Å²) in [5.74, 6) is 0.647. The van der Waals surface area contributed by atoms with Crippen LogP contribution in [-0.4, -0.2) is 19.1 Å². The molecule has 2 N–H and O–H groups in total. The molecule has 0 aromatic heterocycles. The number of hydrogen-bond acceptors (Lipinski definition) is 3. The summed E-state index contributed by atoms with van der Waals surface area (Å²) in [5, 5.41) is 6.02. The fourth-order valence-electron chi connectivity index (χ4n) is 2.74. The summed E-state index contributed by atoms with van der Waals surface area (Å²) in [6.07, 6.45) is 0.845. The predicted octanol–water partition coefficient (Wildman–Crippen LogP) is 4.67. The van der Waals surface area contributed by atoms with E-state index in [1.54, 1.807) is 0 Å². The minimum atomic E-state index is -0.0991. The maximum atomic E-state index is 12.2. The van der Waals surface area contributed by atoms with Crippen LogP contribution in [0.3, 0.4) is 0 Å². The van der Waals surface area contributed by atoms with Gasteiger partial charge in [-0.15, -0.1) is 0 Å². The van der Waals surface area contributed by atoms with Crippen molar-refractivity contribution in [3.8, 4) is 5.75 Å². The van der Waals surface area contributed by atoms with Crippen LogP contribution in [0.25, 0.3) is 0 Å². The van der Waals surface area contributed by atoms with Crippen molar-refractivity contribution in [2.24, 2.45) is 0 Å². The zero-order chi connectivity index (χ0) is 18.9. The van der Waals surface area contributed by atoms with Gasteiger partial charge in [0, 0.05) is 23.9 Å². The number of benzene rings is 3. The van der Waals surface area contributed by atoms with E-state index in [-0.39, 0.29) is 12.5 Å². The Hall–Kier alpha value is -3.27. The smallest absolute Gasteiger partial charge is 0.243 e. The number of ether oxygens (including phenoxy) is 1. The number of nitrogens with one attached hydrogen (secondary N) is 2. The average molecular weight is 360 g/mol. The van der Waals surface area contributed by atoms with E-state index in [1.165, 1.54) is 5.56 Å². The van der Waals surface area contributed by atoms with E-state index in [1.807, 2.05) is 73.7 Å². The van der Waals surface area contributed by atoms with Gasteiger partial charge in [0.15, 0.2) is 0 Å². The quantitative estimate of drug-likeness (QED) is 0.614. The molecule has 1 amide bonds. The molecule has 0 aliphatic heterocycles. The van der Waals surface area contributed by atoms with Gasteiger partial charge in [0.2, 0.25) is 5.91 Å². The molecule has 0 unspecified atom stereocenters. The summed E-state index contributed by atoms with van der Waals surface area (Å²) in [7, 11) is 0. The van der Waals surface area contributed by atoms with Crippen molar-refractivity contribution in [2.75, 3.05) is 23.8 Å². The Balaban J connectivity index is 1.47. The van der Waals surface area contributed by atoms with Gasteiger partial charge < -0.3 is 15.4 Å². The van der Waals surface area contributed by atoms with Gasteiger partial charge in [0.25, 0.3) is 0 Å². The third kappa shape index (κ3) is 6.19. The van der Waals surface area contributed by atoms with Crippen LogP contribution in [-0.2, 0) is 11.2 Å². The summed E-state index contributed by atoms with van der Waals surface area (Å²) in [5.41, 5.74) is 4.05. The molecule has 0 atom stereocenters. The first-order valence-corrected chi connectivity index (χ1v) is 9.06. The van der Waals surface area contributed by atoms with E-state index >= 15 is 0 Å². The Morgan fingerprint density at radius 1 is 0.889 bits per heavy atom. The summed E-state index contributed by atoms with van der Waals surface area (Å²) in [6.45, 7) is 2.83. The lowest BCUT2D eigenvalue weighted by molar-refractivity contribution is -0.114. The molecule has 27 heavy (non-hydrogen) atoms. The Labute approximate surface area is 160 Å². The first-order valence-electron chi connectivity index (χ1n) is 9.06. The maximum Gasteiger partial charge on any atom is 0.243 e. The molecular weight excluding hydrogens is 336 g/mol. The molecule has 0 fully saturated rings. The van der Waals surface area contributed by atoms with E-state index < -0.39 is 0 Å². The van der Waals surface area contributed by atoms with Crippen LogP contribution < -0.4 is 15.4 Å². The van der Waals surface area contributed by atoms with Crippen LogP contribution in [0.15, 0.2) is 78.9 Å². The van der Waals surface area contributed by atoms with E-state index in [4.69, 9.17) is 4.74 Å². The highest BCUT2D eigenvalue weighted by atomic mass is 16.5. The van der Waals surface area contributed by atoms with E-state index in [9.17, 15) is 4.79 Å². The second-order valence-electron chi connectivity index (χ2n) is 6.38. The van der Waals surface area contributed by atoms with Gasteiger partial charge >= 0.3 is 0 Å². The molecule has 0 spiro atoms. The van der Waals surface area contributed by atoms with Crippen molar-refractivity contribution in [3.63, 3.8) is 0 Å². The van der Waals surface area contributed by atoms with Crippen molar-refractivity contribution < 1.29 is 9.53 Å². The molecule has 4 nitrogen and oxygen atoms in total. The van der Waals surface area contributed by atoms with E-state index in [0.717, 1.165) is 29.1 Å². The molecular formula is C23H24N2O2. The number of hydrogen-bond donors (Lipinski definition) is 2. The molecule has 0 heterocycles. The van der Waals surface area contributed by atoms with Gasteiger partial charge in [0.1, 0.15) is 5.75 Å². The lowest BCUT2D eigenvalue weighted by Crippen LogP contribution is -2.21. The molecule has 0 aliphatic carbocycles. The first-order chi connectivity index (χ1) is 13.2. The molecule has 0 bridgehead atoms. The number of aryl methyl sites for hydroxylation is 1. The summed E-state index contributed by atoms with van der Waals surface area (Å²) in [4.78, 5) is 12.2. The van der Waals surface area contributed by atoms with Gasteiger partial charge in [-0.1, -0.05) is 48.5 Å². The fourth-order valence-corrected chi connectivity index (χ4v) is 2.74. The van der Waals surface area contributed by atoms with Gasteiger partial charge in [-0.2, -0.15) is 0 Å². The van der Waals surface area contributed by atoms with Gasteiger partial charge in [-0.3, -0.25) is 4.79 Å². The lowest BCUT2D eigenvalue weighted by atomic mass is 10.2. The molecule has 3 rings (SSSR count). The van der Waals surface area contributed by atoms with Crippen molar-refractivity contribution in [1.82, 2.24) is 0 Å². The molecule has 3 aromatic carbocycles. The van der Waals surface area contributed by atoms with Gasteiger partial charge in [-0.25, -0.2) is 0 Å². The minimum Gasteiger partial charge on any atom is -0.493 e. The van der Waals surface area contributed by atoms with Crippen LogP contribution in [0.2, 0.25) is 0 Å². The molecule has 138 valence electrons. The number of amides is 1. The largest absolute Gasteiger partial charge is 0.493 e. The monoisotopic (exact) mass is 360 g/mol. The Morgan fingerprint density at radius 3 is 2.48 bits per heavy atom. The molecule has 0 aliphatic rings. The van der Waals surface area contributed by atoms with Crippen molar-refractivity contribution in [1.29, 1.82) is 0 Å². The lowest BCUT2D eigenvalue weighted by Gasteiger charge is -2.10. The molecule has 0 saturated heterocycles. The van der Waals surface area contributed by atoms with Gasteiger partial charge in [-0.05, 0) is 42.3 Å². The number of carbonyl (C=O) groups is 1.